The number of hydrogen-bond donors (Lipinski definition) is 1. The Labute approximate surface area is 141 Å². The van der Waals surface area contributed by atoms with E-state index in [4.69, 9.17) is 5.73 Å². The molecule has 1 aromatic carbocycles. The molecule has 8 heteroatoms. The van der Waals surface area contributed by atoms with Crippen LogP contribution in [0, 0.1) is 10.1 Å². The molecule has 2 fully saturated rings. The van der Waals surface area contributed by atoms with Crippen molar-refractivity contribution in [1.29, 1.82) is 0 Å². The van der Waals surface area contributed by atoms with E-state index in [0.717, 1.165) is 31.6 Å². The van der Waals surface area contributed by atoms with Gasteiger partial charge in [-0.2, -0.15) is 0 Å². The van der Waals surface area contributed by atoms with Gasteiger partial charge in [-0.15, -0.1) is 0 Å². The van der Waals surface area contributed by atoms with Crippen LogP contribution in [-0.2, 0) is 0 Å². The van der Waals surface area contributed by atoms with Crippen molar-refractivity contribution < 1.29 is 9.72 Å². The number of piperidine rings is 1. The molecular formula is C16H23N5O3. The summed E-state index contributed by atoms with van der Waals surface area (Å²) in [6, 6.07) is 4.92. The van der Waals surface area contributed by atoms with Crippen LogP contribution in [0.4, 0.5) is 21.9 Å². The molecule has 0 aliphatic carbocycles. The molecule has 0 saturated carbocycles. The van der Waals surface area contributed by atoms with Crippen molar-refractivity contribution in [2.75, 3.05) is 49.1 Å². The molecule has 0 radical (unpaired) electrons. The average Bonchev–Trinajstić information content (AvgIpc) is 2.62. The Morgan fingerprint density at radius 3 is 2.25 bits per heavy atom. The van der Waals surface area contributed by atoms with Crippen LogP contribution in [0.1, 0.15) is 19.3 Å². The lowest BCUT2D eigenvalue weighted by molar-refractivity contribution is -0.384. The molecule has 2 N–H and O–H groups in total. The molecule has 0 unspecified atom stereocenters. The number of nitro groups is 1. The predicted octanol–water partition coefficient (Wildman–Crippen LogP) is 1.79. The van der Waals surface area contributed by atoms with Gasteiger partial charge in [0, 0.05) is 51.0 Å². The summed E-state index contributed by atoms with van der Waals surface area (Å²) in [5.41, 5.74) is 7.14. The maximum atomic E-state index is 11.4. The van der Waals surface area contributed by atoms with Crippen molar-refractivity contribution in [2.45, 2.75) is 19.3 Å². The van der Waals surface area contributed by atoms with Crippen LogP contribution in [0.3, 0.4) is 0 Å². The highest BCUT2D eigenvalue weighted by atomic mass is 16.6. The molecule has 0 aromatic heterocycles. The van der Waals surface area contributed by atoms with Gasteiger partial charge in [0.2, 0.25) is 0 Å². The summed E-state index contributed by atoms with van der Waals surface area (Å²) in [5.74, 6) is 0. The molecule has 0 spiro atoms. The lowest BCUT2D eigenvalue weighted by Gasteiger charge is -2.36. The number of carbonyl (C=O) groups excluding carboxylic acids is 1. The second-order valence-corrected chi connectivity index (χ2v) is 6.29. The zero-order valence-corrected chi connectivity index (χ0v) is 13.7. The van der Waals surface area contributed by atoms with Crippen molar-refractivity contribution in [3.05, 3.63) is 28.3 Å². The third-order valence-electron chi connectivity index (χ3n) is 4.81. The van der Waals surface area contributed by atoms with Crippen LogP contribution in [0.2, 0.25) is 0 Å². The molecule has 130 valence electrons. The molecule has 2 saturated heterocycles. The van der Waals surface area contributed by atoms with Gasteiger partial charge in [0.05, 0.1) is 4.92 Å². The number of primary amides is 1. The first kappa shape index (κ1) is 16.4. The number of urea groups is 1. The minimum Gasteiger partial charge on any atom is -0.368 e. The van der Waals surface area contributed by atoms with E-state index >= 15 is 0 Å². The summed E-state index contributed by atoms with van der Waals surface area (Å²) in [6.45, 7) is 4.23. The number of benzene rings is 1. The second kappa shape index (κ2) is 6.94. The molecule has 2 amide bonds. The Balaban J connectivity index is 1.82. The monoisotopic (exact) mass is 333 g/mol. The fourth-order valence-corrected chi connectivity index (χ4v) is 3.44. The Hall–Kier alpha value is -2.51. The third kappa shape index (κ3) is 3.37. The van der Waals surface area contributed by atoms with Gasteiger partial charge in [-0.25, -0.2) is 4.79 Å². The molecule has 2 heterocycles. The van der Waals surface area contributed by atoms with E-state index in [1.807, 2.05) is 6.07 Å². The summed E-state index contributed by atoms with van der Waals surface area (Å²) in [4.78, 5) is 28.2. The number of nitrogens with two attached hydrogens (primary N) is 1. The fraction of sp³-hybridized carbons (Fsp3) is 0.562. The molecule has 1 aromatic rings. The molecule has 2 aliphatic rings. The third-order valence-corrected chi connectivity index (χ3v) is 4.81. The topological polar surface area (TPSA) is 96.0 Å². The predicted molar refractivity (Wildman–Crippen MR) is 92.5 cm³/mol. The van der Waals surface area contributed by atoms with Crippen LogP contribution >= 0.6 is 0 Å². The molecule has 24 heavy (non-hydrogen) atoms. The van der Waals surface area contributed by atoms with Crippen LogP contribution in [0.25, 0.3) is 0 Å². The zero-order chi connectivity index (χ0) is 17.1. The average molecular weight is 333 g/mol. The minimum absolute atomic E-state index is 0.163. The number of anilines is 2. The van der Waals surface area contributed by atoms with Gasteiger partial charge < -0.3 is 20.4 Å². The van der Waals surface area contributed by atoms with Crippen molar-refractivity contribution in [3.8, 4) is 0 Å². The Morgan fingerprint density at radius 1 is 1.00 bits per heavy atom. The number of carbonyl (C=O) groups is 1. The Kier molecular flexibility index (Phi) is 4.73. The molecule has 2 aliphatic heterocycles. The van der Waals surface area contributed by atoms with Crippen molar-refractivity contribution in [1.82, 2.24) is 4.90 Å². The van der Waals surface area contributed by atoms with Gasteiger partial charge in [0.25, 0.3) is 5.69 Å². The highest BCUT2D eigenvalue weighted by molar-refractivity contribution is 5.73. The van der Waals surface area contributed by atoms with Crippen LogP contribution in [0.5, 0.6) is 0 Å². The van der Waals surface area contributed by atoms with Gasteiger partial charge in [0.15, 0.2) is 0 Å². The van der Waals surface area contributed by atoms with Gasteiger partial charge >= 0.3 is 6.03 Å². The summed E-state index contributed by atoms with van der Waals surface area (Å²) in [7, 11) is 0. The van der Waals surface area contributed by atoms with E-state index < -0.39 is 6.03 Å². The van der Waals surface area contributed by atoms with Gasteiger partial charge in [-0.05, 0) is 31.4 Å². The van der Waals surface area contributed by atoms with Crippen LogP contribution < -0.4 is 15.5 Å². The van der Waals surface area contributed by atoms with E-state index in [-0.39, 0.29) is 10.6 Å². The van der Waals surface area contributed by atoms with E-state index in [1.54, 1.807) is 17.0 Å². The number of amides is 2. The maximum absolute atomic E-state index is 11.4. The summed E-state index contributed by atoms with van der Waals surface area (Å²) < 4.78 is 0. The first-order chi connectivity index (χ1) is 11.6. The lowest BCUT2D eigenvalue weighted by atomic mass is 10.1. The van der Waals surface area contributed by atoms with Crippen molar-refractivity contribution in [3.63, 3.8) is 0 Å². The second-order valence-electron chi connectivity index (χ2n) is 6.29. The maximum Gasteiger partial charge on any atom is 0.314 e. The van der Waals surface area contributed by atoms with E-state index in [2.05, 4.69) is 9.80 Å². The number of piperazine rings is 1. The quantitative estimate of drug-likeness (QED) is 0.672. The van der Waals surface area contributed by atoms with Crippen LogP contribution in [0.15, 0.2) is 18.2 Å². The van der Waals surface area contributed by atoms with Gasteiger partial charge in [0.1, 0.15) is 5.69 Å². The van der Waals surface area contributed by atoms with E-state index in [9.17, 15) is 14.9 Å². The number of nitro benzene ring substituents is 1. The van der Waals surface area contributed by atoms with E-state index in [1.165, 1.54) is 6.42 Å². The smallest absolute Gasteiger partial charge is 0.314 e. The normalized spacial score (nSPS) is 18.6. The standard InChI is InChI=1S/C16H23N5O3/c17-16(22)20-10-8-18(9-11-20)13-4-5-14(21(23)24)15(12-13)19-6-2-1-3-7-19/h4-5,12H,1-3,6-11H2,(H2,17,22). The number of nitrogens with zero attached hydrogens (tertiary/aromatic N) is 4. The fourth-order valence-electron chi connectivity index (χ4n) is 3.44. The van der Waals surface area contributed by atoms with Crippen molar-refractivity contribution >= 4 is 23.1 Å². The Bertz CT molecular complexity index is 622. The SMILES string of the molecule is NC(=O)N1CCN(c2ccc([N+](=O)[O-])c(N3CCCCC3)c2)CC1. The zero-order valence-electron chi connectivity index (χ0n) is 13.7. The van der Waals surface area contributed by atoms with E-state index in [0.29, 0.717) is 31.9 Å². The Morgan fingerprint density at radius 2 is 1.67 bits per heavy atom. The number of rotatable bonds is 3. The first-order valence-electron chi connectivity index (χ1n) is 8.39. The summed E-state index contributed by atoms with van der Waals surface area (Å²) in [5, 5.41) is 11.4. The summed E-state index contributed by atoms with van der Waals surface area (Å²) >= 11 is 0. The van der Waals surface area contributed by atoms with Gasteiger partial charge in [-0.3, -0.25) is 10.1 Å². The van der Waals surface area contributed by atoms with Gasteiger partial charge in [-0.1, -0.05) is 0 Å². The molecule has 8 nitrogen and oxygen atoms in total. The lowest BCUT2D eigenvalue weighted by Crippen LogP contribution is -2.50. The van der Waals surface area contributed by atoms with Crippen molar-refractivity contribution in [2.24, 2.45) is 5.73 Å². The first-order valence-corrected chi connectivity index (χ1v) is 8.39. The highest BCUT2D eigenvalue weighted by Crippen LogP contribution is 2.34. The van der Waals surface area contributed by atoms with Crippen LogP contribution in [-0.4, -0.2) is 55.1 Å². The summed E-state index contributed by atoms with van der Waals surface area (Å²) in [6.07, 6.45) is 3.32. The minimum atomic E-state index is -0.396. The number of hydrogen-bond acceptors (Lipinski definition) is 5. The largest absolute Gasteiger partial charge is 0.368 e. The molecular weight excluding hydrogens is 310 g/mol. The molecule has 0 atom stereocenters. The molecule has 0 bridgehead atoms. The molecule has 3 rings (SSSR count). The highest BCUT2D eigenvalue weighted by Gasteiger charge is 2.24.